The molecule has 0 saturated heterocycles. The van der Waals surface area contributed by atoms with Crippen LogP contribution in [0, 0.1) is 15.9 Å². The van der Waals surface area contributed by atoms with Crippen molar-refractivity contribution in [1.29, 1.82) is 0 Å². The molecule has 1 rings (SSSR count). The van der Waals surface area contributed by atoms with Crippen molar-refractivity contribution in [1.82, 2.24) is 0 Å². The molecule has 18 heavy (non-hydrogen) atoms. The summed E-state index contributed by atoms with van der Waals surface area (Å²) in [6.07, 6.45) is -3.72. The van der Waals surface area contributed by atoms with Crippen LogP contribution >= 0.6 is 0 Å². The summed E-state index contributed by atoms with van der Waals surface area (Å²) < 4.78 is 13.1. The standard InChI is InChI=1S/C10H11FN2O5/c11-6-1-5(2-7(3-6)13(17)18)10(16)8(14)4-9(12)15/h1-3,8,10,14,16H,4H2,(H2,12,15). The average Bonchev–Trinajstić information content (AvgIpc) is 2.26. The van der Waals surface area contributed by atoms with Gasteiger partial charge < -0.3 is 15.9 Å². The van der Waals surface area contributed by atoms with E-state index in [1.807, 2.05) is 0 Å². The molecule has 0 heterocycles. The number of nitro benzene ring substituents is 1. The lowest BCUT2D eigenvalue weighted by Gasteiger charge is -2.16. The maximum Gasteiger partial charge on any atom is 0.272 e. The lowest BCUT2D eigenvalue weighted by Crippen LogP contribution is -2.25. The average molecular weight is 258 g/mol. The molecule has 0 saturated carbocycles. The zero-order valence-electron chi connectivity index (χ0n) is 9.12. The molecule has 98 valence electrons. The van der Waals surface area contributed by atoms with Crippen molar-refractivity contribution < 1.29 is 24.3 Å². The first kappa shape index (κ1) is 14.0. The van der Waals surface area contributed by atoms with Crippen LogP contribution in [0.15, 0.2) is 18.2 Å². The number of aliphatic hydroxyl groups is 2. The Morgan fingerprint density at radius 2 is 2.06 bits per heavy atom. The third-order valence-electron chi connectivity index (χ3n) is 2.23. The van der Waals surface area contributed by atoms with Gasteiger partial charge in [-0.25, -0.2) is 4.39 Å². The van der Waals surface area contributed by atoms with Crippen molar-refractivity contribution in [2.24, 2.45) is 5.73 Å². The minimum absolute atomic E-state index is 0.199. The van der Waals surface area contributed by atoms with E-state index in [1.54, 1.807) is 0 Å². The van der Waals surface area contributed by atoms with Crippen molar-refractivity contribution in [3.63, 3.8) is 0 Å². The van der Waals surface area contributed by atoms with E-state index in [1.165, 1.54) is 0 Å². The lowest BCUT2D eigenvalue weighted by atomic mass is 10.0. The van der Waals surface area contributed by atoms with Gasteiger partial charge in [0.1, 0.15) is 11.9 Å². The minimum Gasteiger partial charge on any atom is -0.390 e. The fraction of sp³-hybridized carbons (Fsp3) is 0.300. The van der Waals surface area contributed by atoms with E-state index in [0.717, 1.165) is 12.1 Å². The Hall–Kier alpha value is -2.06. The Morgan fingerprint density at radius 3 is 2.56 bits per heavy atom. The number of rotatable bonds is 5. The molecule has 0 fully saturated rings. The van der Waals surface area contributed by atoms with Crippen LogP contribution in [0.25, 0.3) is 0 Å². The molecule has 0 aliphatic heterocycles. The number of hydrogen-bond donors (Lipinski definition) is 3. The van der Waals surface area contributed by atoms with Crippen LogP contribution in [0.3, 0.4) is 0 Å². The molecule has 0 bridgehead atoms. The number of aliphatic hydroxyl groups excluding tert-OH is 2. The SMILES string of the molecule is NC(=O)CC(O)C(O)c1cc(F)cc([N+](=O)[O-])c1. The summed E-state index contributed by atoms with van der Waals surface area (Å²) in [6.45, 7) is 0. The minimum atomic E-state index is -1.63. The summed E-state index contributed by atoms with van der Waals surface area (Å²) in [6, 6.07) is 2.43. The van der Waals surface area contributed by atoms with E-state index >= 15 is 0 Å². The maximum absolute atomic E-state index is 13.1. The molecule has 7 nitrogen and oxygen atoms in total. The molecule has 0 radical (unpaired) electrons. The highest BCUT2D eigenvalue weighted by molar-refractivity contribution is 5.74. The number of nitrogens with zero attached hydrogens (tertiary/aromatic N) is 1. The summed E-state index contributed by atoms with van der Waals surface area (Å²) in [5.41, 5.74) is 4.07. The molecule has 4 N–H and O–H groups in total. The van der Waals surface area contributed by atoms with E-state index in [2.05, 4.69) is 0 Å². The Labute approximate surface area is 101 Å². The summed E-state index contributed by atoms with van der Waals surface area (Å²) in [5.74, 6) is -1.78. The molecule has 0 aliphatic rings. The number of primary amides is 1. The third kappa shape index (κ3) is 3.47. The van der Waals surface area contributed by atoms with E-state index in [-0.39, 0.29) is 5.56 Å². The number of carbonyl (C=O) groups excluding carboxylic acids is 1. The van der Waals surface area contributed by atoms with Crippen LogP contribution in [0.2, 0.25) is 0 Å². The molecular weight excluding hydrogens is 247 g/mol. The summed E-state index contributed by atoms with van der Waals surface area (Å²) >= 11 is 0. The van der Waals surface area contributed by atoms with E-state index in [4.69, 9.17) is 5.73 Å². The predicted molar refractivity (Wildman–Crippen MR) is 57.8 cm³/mol. The normalized spacial score (nSPS) is 13.9. The quantitative estimate of drug-likeness (QED) is 0.506. The predicted octanol–water partition coefficient (Wildman–Crippen LogP) is 0.00360. The largest absolute Gasteiger partial charge is 0.390 e. The van der Waals surface area contributed by atoms with E-state index in [0.29, 0.717) is 6.07 Å². The summed E-state index contributed by atoms with van der Waals surface area (Å²) in [5, 5.41) is 29.5. The molecule has 1 aromatic carbocycles. The maximum atomic E-state index is 13.1. The van der Waals surface area contributed by atoms with Crippen LogP contribution in [0.5, 0.6) is 0 Å². The number of non-ortho nitro benzene ring substituents is 1. The number of nitro groups is 1. The number of nitrogens with two attached hydrogens (primary N) is 1. The highest BCUT2D eigenvalue weighted by atomic mass is 19.1. The second kappa shape index (κ2) is 5.52. The molecule has 0 aliphatic carbocycles. The molecule has 0 aromatic heterocycles. The molecule has 1 aromatic rings. The van der Waals surface area contributed by atoms with Gasteiger partial charge in [-0.05, 0) is 11.6 Å². The van der Waals surface area contributed by atoms with E-state index in [9.17, 15) is 29.5 Å². The fourth-order valence-electron chi connectivity index (χ4n) is 1.41. The lowest BCUT2D eigenvalue weighted by molar-refractivity contribution is -0.385. The van der Waals surface area contributed by atoms with Gasteiger partial charge >= 0.3 is 0 Å². The molecule has 2 unspecified atom stereocenters. The smallest absolute Gasteiger partial charge is 0.272 e. The number of halogens is 1. The second-order valence-corrected chi connectivity index (χ2v) is 3.68. The van der Waals surface area contributed by atoms with Crippen molar-refractivity contribution >= 4 is 11.6 Å². The number of amides is 1. The van der Waals surface area contributed by atoms with E-state index < -0.39 is 41.0 Å². The zero-order chi connectivity index (χ0) is 13.9. The van der Waals surface area contributed by atoms with Gasteiger partial charge in [-0.15, -0.1) is 0 Å². The Morgan fingerprint density at radius 1 is 1.44 bits per heavy atom. The monoisotopic (exact) mass is 258 g/mol. The summed E-state index contributed by atoms with van der Waals surface area (Å²) in [7, 11) is 0. The second-order valence-electron chi connectivity index (χ2n) is 3.68. The Balaban J connectivity index is 3.01. The van der Waals surface area contributed by atoms with Crippen LogP contribution in [0.1, 0.15) is 18.1 Å². The Bertz CT molecular complexity index is 479. The molecule has 8 heteroatoms. The van der Waals surface area contributed by atoms with Crippen LogP contribution in [-0.4, -0.2) is 27.1 Å². The third-order valence-corrected chi connectivity index (χ3v) is 2.23. The molecule has 2 atom stereocenters. The number of carbonyl (C=O) groups is 1. The first-order valence-corrected chi connectivity index (χ1v) is 4.90. The van der Waals surface area contributed by atoms with Crippen molar-refractivity contribution in [3.8, 4) is 0 Å². The van der Waals surface area contributed by atoms with Gasteiger partial charge in [0.15, 0.2) is 0 Å². The van der Waals surface area contributed by atoms with Crippen molar-refractivity contribution in [2.45, 2.75) is 18.6 Å². The van der Waals surface area contributed by atoms with Gasteiger partial charge in [-0.2, -0.15) is 0 Å². The first-order chi connectivity index (χ1) is 8.31. The van der Waals surface area contributed by atoms with Gasteiger partial charge in [0, 0.05) is 6.07 Å². The van der Waals surface area contributed by atoms with Gasteiger partial charge in [0.2, 0.25) is 5.91 Å². The highest BCUT2D eigenvalue weighted by Gasteiger charge is 2.23. The fourth-order valence-corrected chi connectivity index (χ4v) is 1.41. The molecule has 1 amide bonds. The van der Waals surface area contributed by atoms with Crippen LogP contribution in [0.4, 0.5) is 10.1 Å². The highest BCUT2D eigenvalue weighted by Crippen LogP contribution is 2.24. The van der Waals surface area contributed by atoms with Gasteiger partial charge in [0.25, 0.3) is 5.69 Å². The summed E-state index contributed by atoms with van der Waals surface area (Å²) in [4.78, 5) is 20.2. The molecular formula is C10H11FN2O5. The van der Waals surface area contributed by atoms with Gasteiger partial charge in [-0.1, -0.05) is 0 Å². The number of hydrogen-bond acceptors (Lipinski definition) is 5. The van der Waals surface area contributed by atoms with Crippen molar-refractivity contribution in [3.05, 3.63) is 39.7 Å². The topological polar surface area (TPSA) is 127 Å². The van der Waals surface area contributed by atoms with Crippen LogP contribution in [-0.2, 0) is 4.79 Å². The first-order valence-electron chi connectivity index (χ1n) is 4.90. The van der Waals surface area contributed by atoms with Gasteiger partial charge in [-0.3, -0.25) is 14.9 Å². The zero-order valence-corrected chi connectivity index (χ0v) is 9.12. The van der Waals surface area contributed by atoms with Crippen LogP contribution < -0.4 is 5.73 Å². The van der Waals surface area contributed by atoms with Gasteiger partial charge in [0.05, 0.1) is 23.5 Å². The number of benzene rings is 1. The van der Waals surface area contributed by atoms with Crippen molar-refractivity contribution in [2.75, 3.05) is 0 Å². The Kier molecular flexibility index (Phi) is 4.29. The molecule has 0 spiro atoms.